The number of phenolic OH excluding ortho intramolecular Hbond substituents is 2. The maximum Gasteiger partial charge on any atom is 0.153 e. The predicted molar refractivity (Wildman–Crippen MR) is 159 cm³/mol. The van der Waals surface area contributed by atoms with E-state index in [2.05, 4.69) is 9.97 Å². The van der Waals surface area contributed by atoms with Crippen molar-refractivity contribution in [2.45, 2.75) is 19.3 Å². The second-order valence-corrected chi connectivity index (χ2v) is 10.4. The fourth-order valence-electron chi connectivity index (χ4n) is 5.37. The van der Waals surface area contributed by atoms with Crippen LogP contribution in [-0.2, 0) is 19.3 Å². The minimum atomic E-state index is -0.333. The van der Waals surface area contributed by atoms with E-state index in [0.29, 0.717) is 47.3 Å². The number of carbonyl (C=O) groups excluding carboxylic acids is 2. The Kier molecular flexibility index (Phi) is 7.34. The Balaban J connectivity index is 1.48. The molecule has 0 saturated heterocycles. The van der Waals surface area contributed by atoms with Crippen LogP contribution >= 0.6 is 0 Å². The Hall–Kier alpha value is -5.50. The summed E-state index contributed by atoms with van der Waals surface area (Å²) in [7, 11) is 0. The molecule has 4 aromatic carbocycles. The van der Waals surface area contributed by atoms with E-state index in [4.69, 9.17) is 0 Å². The molecule has 0 fully saturated rings. The highest BCUT2D eigenvalue weighted by atomic mass is 19.1. The van der Waals surface area contributed by atoms with Crippen molar-refractivity contribution in [1.82, 2.24) is 9.97 Å². The quantitative estimate of drug-likeness (QED) is 0.193. The van der Waals surface area contributed by atoms with Crippen LogP contribution in [0.3, 0.4) is 0 Å². The standard InChI is InChI=1S/C35H24F2N2O4/c36-28-5-1-20(2-6-28)9-22-11-30-24(14-26(18-40)34(42)32(30)38-16-22)13-25-15-27(19-41)35(43)33-31(25)12-23(17-39-33)10-21-3-7-29(37)8-4-21/h1-8,11-12,14-19,42-43H,9-10,13H2. The number of halogens is 2. The molecule has 0 amide bonds. The number of benzene rings is 4. The molecule has 0 aliphatic carbocycles. The van der Waals surface area contributed by atoms with Crippen LogP contribution in [0, 0.1) is 11.6 Å². The summed E-state index contributed by atoms with van der Waals surface area (Å²) in [4.78, 5) is 32.7. The van der Waals surface area contributed by atoms with E-state index in [9.17, 15) is 28.6 Å². The topological polar surface area (TPSA) is 100 Å². The number of phenols is 2. The maximum atomic E-state index is 13.4. The van der Waals surface area contributed by atoms with Crippen molar-refractivity contribution in [1.29, 1.82) is 0 Å². The van der Waals surface area contributed by atoms with Crippen LogP contribution in [0.1, 0.15) is 54.1 Å². The molecule has 2 N–H and O–H groups in total. The van der Waals surface area contributed by atoms with Gasteiger partial charge in [-0.2, -0.15) is 0 Å². The second kappa shape index (κ2) is 11.4. The van der Waals surface area contributed by atoms with E-state index in [1.807, 2.05) is 12.1 Å². The molecule has 8 heteroatoms. The molecule has 2 heterocycles. The summed E-state index contributed by atoms with van der Waals surface area (Å²) >= 11 is 0. The molecule has 43 heavy (non-hydrogen) atoms. The molecular formula is C35H24F2N2O4. The summed E-state index contributed by atoms with van der Waals surface area (Å²) < 4.78 is 26.8. The molecule has 0 unspecified atom stereocenters. The van der Waals surface area contributed by atoms with Crippen LogP contribution in [0.4, 0.5) is 8.78 Å². The predicted octanol–water partition coefficient (Wildman–Crippen LogP) is 6.87. The van der Waals surface area contributed by atoms with Gasteiger partial charge in [-0.05, 0) is 101 Å². The van der Waals surface area contributed by atoms with Gasteiger partial charge in [-0.25, -0.2) is 8.78 Å². The lowest BCUT2D eigenvalue weighted by Gasteiger charge is -2.15. The average molecular weight is 575 g/mol. The molecule has 0 radical (unpaired) electrons. The number of fused-ring (bicyclic) bond motifs is 2. The molecule has 2 aromatic heterocycles. The summed E-state index contributed by atoms with van der Waals surface area (Å²) in [5, 5.41) is 22.8. The molecule has 212 valence electrons. The molecule has 0 atom stereocenters. The number of rotatable bonds is 8. The van der Waals surface area contributed by atoms with Crippen molar-refractivity contribution in [3.8, 4) is 11.5 Å². The highest BCUT2D eigenvalue weighted by Crippen LogP contribution is 2.36. The Morgan fingerprint density at radius 3 is 1.33 bits per heavy atom. The number of carbonyl (C=O) groups is 2. The van der Waals surface area contributed by atoms with Gasteiger partial charge in [0, 0.05) is 23.2 Å². The van der Waals surface area contributed by atoms with Crippen molar-refractivity contribution in [3.63, 3.8) is 0 Å². The molecule has 6 nitrogen and oxygen atoms in total. The second-order valence-electron chi connectivity index (χ2n) is 10.4. The SMILES string of the molecule is O=Cc1cc(Cc2cc(C=O)c(O)c3ncc(Cc4ccc(F)cc4)cc23)c2cc(Cc3ccc(F)cc3)cnc2c1O. The van der Waals surface area contributed by atoms with Crippen molar-refractivity contribution in [2.24, 2.45) is 0 Å². The molecule has 6 aromatic rings. The summed E-state index contributed by atoms with van der Waals surface area (Å²) in [6.07, 6.45) is 5.48. The number of hydrogen-bond donors (Lipinski definition) is 2. The zero-order valence-corrected chi connectivity index (χ0v) is 22.7. The number of pyridine rings is 2. The third kappa shape index (κ3) is 5.55. The largest absolute Gasteiger partial charge is 0.505 e. The average Bonchev–Trinajstić information content (AvgIpc) is 3.02. The molecule has 0 aliphatic heterocycles. The monoisotopic (exact) mass is 574 g/mol. The fraction of sp³-hybridized carbons (Fsp3) is 0.0857. The molecular weight excluding hydrogens is 550 g/mol. The number of aromatic nitrogens is 2. The van der Waals surface area contributed by atoms with Gasteiger partial charge in [0.1, 0.15) is 22.7 Å². The zero-order chi connectivity index (χ0) is 30.1. The number of aromatic hydroxyl groups is 2. The Labute approximate surface area is 244 Å². The molecule has 6 rings (SSSR count). The first-order valence-corrected chi connectivity index (χ1v) is 13.5. The van der Waals surface area contributed by atoms with Crippen LogP contribution < -0.4 is 0 Å². The van der Waals surface area contributed by atoms with E-state index in [-0.39, 0.29) is 51.7 Å². The highest BCUT2D eigenvalue weighted by molar-refractivity contribution is 5.98. The Bertz CT molecular complexity index is 1880. The van der Waals surface area contributed by atoms with E-state index < -0.39 is 0 Å². The van der Waals surface area contributed by atoms with Gasteiger partial charge in [0.05, 0.1) is 11.1 Å². The normalized spacial score (nSPS) is 11.2. The Morgan fingerprint density at radius 1 is 0.558 bits per heavy atom. The summed E-state index contributed by atoms with van der Waals surface area (Å²) in [6.45, 7) is 0. The molecule has 0 aliphatic rings. The summed E-state index contributed by atoms with van der Waals surface area (Å²) in [5.41, 5.74) is 5.32. The lowest BCUT2D eigenvalue weighted by Crippen LogP contribution is -2.00. The lowest BCUT2D eigenvalue weighted by molar-refractivity contribution is 0.111. The highest BCUT2D eigenvalue weighted by Gasteiger charge is 2.18. The Morgan fingerprint density at radius 2 is 0.953 bits per heavy atom. The third-order valence-corrected chi connectivity index (χ3v) is 7.51. The number of nitrogens with zero attached hydrogens (tertiary/aromatic N) is 2. The van der Waals surface area contributed by atoms with Gasteiger partial charge in [0.2, 0.25) is 0 Å². The van der Waals surface area contributed by atoms with Gasteiger partial charge in [0.15, 0.2) is 24.1 Å². The van der Waals surface area contributed by atoms with Gasteiger partial charge in [-0.15, -0.1) is 0 Å². The van der Waals surface area contributed by atoms with Crippen molar-refractivity contribution in [2.75, 3.05) is 0 Å². The van der Waals surface area contributed by atoms with Gasteiger partial charge >= 0.3 is 0 Å². The van der Waals surface area contributed by atoms with Crippen LogP contribution in [0.25, 0.3) is 21.8 Å². The number of aldehydes is 2. The summed E-state index contributed by atoms with van der Waals surface area (Å²) in [5.74, 6) is -1.15. The lowest BCUT2D eigenvalue weighted by atomic mass is 9.92. The van der Waals surface area contributed by atoms with Gasteiger partial charge in [-0.1, -0.05) is 24.3 Å². The smallest absolute Gasteiger partial charge is 0.153 e. The molecule has 0 bridgehead atoms. The van der Waals surface area contributed by atoms with E-state index in [1.165, 1.54) is 24.3 Å². The van der Waals surface area contributed by atoms with Gasteiger partial charge < -0.3 is 10.2 Å². The van der Waals surface area contributed by atoms with Crippen LogP contribution in [0.5, 0.6) is 11.5 Å². The van der Waals surface area contributed by atoms with Crippen molar-refractivity contribution >= 4 is 34.4 Å². The van der Waals surface area contributed by atoms with Gasteiger partial charge in [-0.3, -0.25) is 19.6 Å². The first kappa shape index (κ1) is 27.7. The minimum Gasteiger partial charge on any atom is -0.505 e. The van der Waals surface area contributed by atoms with Crippen LogP contribution in [0.2, 0.25) is 0 Å². The third-order valence-electron chi connectivity index (χ3n) is 7.51. The molecule has 0 saturated carbocycles. The summed E-state index contributed by atoms with van der Waals surface area (Å²) in [6, 6.07) is 19.2. The first-order chi connectivity index (χ1) is 20.8. The number of hydrogen-bond acceptors (Lipinski definition) is 6. The van der Waals surface area contributed by atoms with Gasteiger partial charge in [0.25, 0.3) is 0 Å². The van der Waals surface area contributed by atoms with Crippen LogP contribution in [-0.4, -0.2) is 32.8 Å². The zero-order valence-electron chi connectivity index (χ0n) is 22.7. The fourth-order valence-corrected chi connectivity index (χ4v) is 5.37. The van der Waals surface area contributed by atoms with Crippen molar-refractivity contribution in [3.05, 3.63) is 141 Å². The van der Waals surface area contributed by atoms with Crippen molar-refractivity contribution < 1.29 is 28.6 Å². The first-order valence-electron chi connectivity index (χ1n) is 13.5. The van der Waals surface area contributed by atoms with Crippen LogP contribution in [0.15, 0.2) is 85.2 Å². The van der Waals surface area contributed by atoms with E-state index in [1.54, 1.807) is 48.8 Å². The maximum absolute atomic E-state index is 13.4. The molecule has 0 spiro atoms. The van der Waals surface area contributed by atoms with E-state index in [0.717, 1.165) is 22.3 Å². The van der Waals surface area contributed by atoms with E-state index >= 15 is 0 Å². The minimum absolute atomic E-state index is 0.0649.